The molecule has 1 heterocycles. The molecule has 0 spiro atoms. The summed E-state index contributed by atoms with van der Waals surface area (Å²) in [6.07, 6.45) is 2.82. The van der Waals surface area contributed by atoms with Crippen molar-refractivity contribution in [2.45, 2.75) is 32.7 Å². The Labute approximate surface area is 139 Å². The van der Waals surface area contributed by atoms with Crippen LogP contribution in [0.15, 0.2) is 29.2 Å². The number of nitrogens with zero attached hydrogens (tertiary/aromatic N) is 1. The Morgan fingerprint density at radius 3 is 2.82 bits per heavy atom. The highest BCUT2D eigenvalue weighted by atomic mass is 32.2. The number of aryl methyl sites for hydroxylation is 1. The molecule has 0 radical (unpaired) electrons. The van der Waals surface area contributed by atoms with Gasteiger partial charge in [0, 0.05) is 0 Å². The van der Waals surface area contributed by atoms with Crippen molar-refractivity contribution in [3.63, 3.8) is 0 Å². The molecule has 6 heteroatoms. The highest BCUT2D eigenvalue weighted by molar-refractivity contribution is 8.26. The Kier molecular flexibility index (Phi) is 5.37. The molecule has 1 amide bonds. The fourth-order valence-electron chi connectivity index (χ4n) is 2.30. The van der Waals surface area contributed by atoms with Crippen LogP contribution in [-0.2, 0) is 9.59 Å². The standard InChI is InChI=1S/C16H17NO3S2/c1-3-5-12(15(19)20)17-14(18)13(22-16(17)21)9-11-7-4-6-10(2)8-11/h4,6-9,12H,3,5H2,1-2H3,(H,19,20)/b13-9-. The maximum absolute atomic E-state index is 12.5. The van der Waals surface area contributed by atoms with Crippen molar-refractivity contribution in [1.82, 2.24) is 4.90 Å². The van der Waals surface area contributed by atoms with Crippen LogP contribution < -0.4 is 0 Å². The number of carbonyl (C=O) groups excluding carboxylic acids is 1. The smallest absolute Gasteiger partial charge is 0.326 e. The molecule has 1 aliphatic heterocycles. The van der Waals surface area contributed by atoms with Gasteiger partial charge < -0.3 is 5.11 Å². The van der Waals surface area contributed by atoms with Gasteiger partial charge >= 0.3 is 5.97 Å². The molecule has 1 aromatic rings. The maximum atomic E-state index is 12.5. The number of benzene rings is 1. The highest BCUT2D eigenvalue weighted by Crippen LogP contribution is 2.34. The third kappa shape index (κ3) is 3.56. The van der Waals surface area contributed by atoms with Crippen LogP contribution in [0.25, 0.3) is 6.08 Å². The van der Waals surface area contributed by atoms with Gasteiger partial charge in [0.05, 0.1) is 4.91 Å². The summed E-state index contributed by atoms with van der Waals surface area (Å²) in [6.45, 7) is 3.86. The molecule has 1 aromatic carbocycles. The number of amides is 1. The van der Waals surface area contributed by atoms with Gasteiger partial charge in [-0.2, -0.15) is 0 Å². The monoisotopic (exact) mass is 335 g/mol. The van der Waals surface area contributed by atoms with Crippen LogP contribution in [0, 0.1) is 6.92 Å². The fourth-order valence-corrected chi connectivity index (χ4v) is 3.65. The van der Waals surface area contributed by atoms with Crippen molar-refractivity contribution in [2.24, 2.45) is 0 Å². The molecule has 1 aliphatic rings. The van der Waals surface area contributed by atoms with Crippen LogP contribution >= 0.6 is 24.0 Å². The topological polar surface area (TPSA) is 57.6 Å². The lowest BCUT2D eigenvalue weighted by atomic mass is 10.1. The number of carboxylic acids is 1. The van der Waals surface area contributed by atoms with Crippen molar-refractivity contribution < 1.29 is 14.7 Å². The summed E-state index contributed by atoms with van der Waals surface area (Å²) in [6, 6.07) is 6.87. The Morgan fingerprint density at radius 1 is 1.50 bits per heavy atom. The van der Waals surface area contributed by atoms with Gasteiger partial charge in [-0.25, -0.2) is 4.79 Å². The first-order valence-electron chi connectivity index (χ1n) is 7.00. The molecule has 1 N–H and O–H groups in total. The van der Waals surface area contributed by atoms with E-state index in [0.29, 0.717) is 22.1 Å². The average Bonchev–Trinajstić information content (AvgIpc) is 2.71. The average molecular weight is 335 g/mol. The van der Waals surface area contributed by atoms with Gasteiger partial charge in [-0.3, -0.25) is 9.69 Å². The molecule has 116 valence electrons. The van der Waals surface area contributed by atoms with Crippen LogP contribution in [0.4, 0.5) is 0 Å². The van der Waals surface area contributed by atoms with Gasteiger partial charge in [0.2, 0.25) is 0 Å². The quantitative estimate of drug-likeness (QED) is 0.660. The van der Waals surface area contributed by atoms with Crippen molar-refractivity contribution in [3.8, 4) is 0 Å². The Morgan fingerprint density at radius 2 is 2.23 bits per heavy atom. The van der Waals surface area contributed by atoms with Gasteiger partial charge in [0.15, 0.2) is 0 Å². The second-order valence-electron chi connectivity index (χ2n) is 5.11. The number of aliphatic carboxylic acids is 1. The lowest BCUT2D eigenvalue weighted by Gasteiger charge is -2.22. The second-order valence-corrected chi connectivity index (χ2v) is 6.78. The molecule has 1 fully saturated rings. The summed E-state index contributed by atoms with van der Waals surface area (Å²) >= 11 is 6.37. The van der Waals surface area contributed by atoms with Gasteiger partial charge in [0.1, 0.15) is 10.4 Å². The van der Waals surface area contributed by atoms with E-state index in [1.165, 1.54) is 4.90 Å². The summed E-state index contributed by atoms with van der Waals surface area (Å²) in [7, 11) is 0. The first kappa shape index (κ1) is 16.7. The molecule has 1 unspecified atom stereocenters. The van der Waals surface area contributed by atoms with E-state index in [2.05, 4.69) is 0 Å². The zero-order chi connectivity index (χ0) is 16.3. The molecular weight excluding hydrogens is 318 g/mol. The zero-order valence-electron chi connectivity index (χ0n) is 12.4. The van der Waals surface area contributed by atoms with E-state index in [1.54, 1.807) is 6.08 Å². The van der Waals surface area contributed by atoms with E-state index in [9.17, 15) is 14.7 Å². The van der Waals surface area contributed by atoms with Crippen molar-refractivity contribution in [1.29, 1.82) is 0 Å². The predicted octanol–water partition coefficient (Wildman–Crippen LogP) is 3.45. The van der Waals surface area contributed by atoms with E-state index in [4.69, 9.17) is 12.2 Å². The van der Waals surface area contributed by atoms with Crippen molar-refractivity contribution >= 4 is 46.3 Å². The Bertz CT molecular complexity index is 655. The van der Waals surface area contributed by atoms with Crippen LogP contribution in [-0.4, -0.2) is 32.2 Å². The summed E-state index contributed by atoms with van der Waals surface area (Å²) in [5, 5.41) is 9.33. The zero-order valence-corrected chi connectivity index (χ0v) is 14.0. The molecule has 2 rings (SSSR count). The molecule has 0 aliphatic carbocycles. The molecule has 0 bridgehead atoms. The van der Waals surface area contributed by atoms with Crippen LogP contribution in [0.1, 0.15) is 30.9 Å². The lowest BCUT2D eigenvalue weighted by molar-refractivity contribution is -0.145. The third-order valence-electron chi connectivity index (χ3n) is 3.32. The molecule has 4 nitrogen and oxygen atoms in total. The van der Waals surface area contributed by atoms with E-state index in [1.807, 2.05) is 38.1 Å². The number of carbonyl (C=O) groups is 2. The normalized spacial score (nSPS) is 18.1. The summed E-state index contributed by atoms with van der Waals surface area (Å²) < 4.78 is 0.310. The maximum Gasteiger partial charge on any atom is 0.326 e. The van der Waals surface area contributed by atoms with Crippen molar-refractivity contribution in [2.75, 3.05) is 0 Å². The lowest BCUT2D eigenvalue weighted by Crippen LogP contribution is -2.43. The number of rotatable bonds is 5. The first-order chi connectivity index (χ1) is 10.4. The predicted molar refractivity (Wildman–Crippen MR) is 92.5 cm³/mol. The number of hydrogen-bond donors (Lipinski definition) is 1. The summed E-state index contributed by atoms with van der Waals surface area (Å²) in [5.41, 5.74) is 2.00. The third-order valence-corrected chi connectivity index (χ3v) is 4.65. The van der Waals surface area contributed by atoms with Crippen LogP contribution in [0.2, 0.25) is 0 Å². The van der Waals surface area contributed by atoms with Gasteiger partial charge in [0.25, 0.3) is 5.91 Å². The van der Waals surface area contributed by atoms with Gasteiger partial charge in [-0.1, -0.05) is 67.2 Å². The number of carboxylic acid groups (broad SMARTS) is 1. The number of hydrogen-bond acceptors (Lipinski definition) is 4. The van der Waals surface area contributed by atoms with Crippen molar-refractivity contribution in [3.05, 3.63) is 40.3 Å². The minimum atomic E-state index is -1.02. The summed E-state index contributed by atoms with van der Waals surface area (Å²) in [5.74, 6) is -1.34. The minimum absolute atomic E-state index is 0.310. The summed E-state index contributed by atoms with van der Waals surface area (Å²) in [4.78, 5) is 25.6. The van der Waals surface area contributed by atoms with Gasteiger partial charge in [-0.15, -0.1) is 0 Å². The first-order valence-corrected chi connectivity index (χ1v) is 8.23. The van der Waals surface area contributed by atoms with E-state index in [-0.39, 0.29) is 5.91 Å². The molecule has 22 heavy (non-hydrogen) atoms. The van der Waals surface area contributed by atoms with Crippen LogP contribution in [0.3, 0.4) is 0 Å². The SMILES string of the molecule is CCCC(C(=O)O)N1C(=O)/C(=C/c2cccc(C)c2)SC1=S. The van der Waals surface area contributed by atoms with Gasteiger partial charge in [-0.05, 0) is 25.0 Å². The van der Waals surface area contributed by atoms with E-state index >= 15 is 0 Å². The van der Waals surface area contributed by atoms with Crippen LogP contribution in [0.5, 0.6) is 0 Å². The molecule has 0 saturated carbocycles. The Hall–Kier alpha value is -1.66. The van der Waals surface area contributed by atoms with E-state index in [0.717, 1.165) is 22.9 Å². The Balaban J connectivity index is 2.30. The largest absolute Gasteiger partial charge is 0.480 e. The molecule has 1 atom stereocenters. The number of thiocarbonyl (C=S) groups is 1. The number of thioether (sulfide) groups is 1. The highest BCUT2D eigenvalue weighted by Gasteiger charge is 2.39. The molecule has 1 saturated heterocycles. The molecular formula is C16H17NO3S2. The fraction of sp³-hybridized carbons (Fsp3) is 0.312. The minimum Gasteiger partial charge on any atom is -0.480 e. The van der Waals surface area contributed by atoms with E-state index < -0.39 is 12.0 Å². The molecule has 0 aromatic heterocycles. The second kappa shape index (κ2) is 7.07.